The lowest BCUT2D eigenvalue weighted by molar-refractivity contribution is 0.0589. The topological polar surface area (TPSA) is 117 Å². The number of benzene rings is 6. The number of imidazole rings is 1. The van der Waals surface area contributed by atoms with Crippen LogP contribution in [0.25, 0.3) is 22.5 Å². The second-order valence-corrected chi connectivity index (χ2v) is 18.4. The van der Waals surface area contributed by atoms with Crippen molar-refractivity contribution in [2.45, 2.75) is 75.3 Å². The number of thioether (sulfide) groups is 1. The first-order chi connectivity index (χ1) is 31.5. The number of carbonyl (C=O) groups excluding carboxylic acids is 1. The molecule has 0 atom stereocenters. The summed E-state index contributed by atoms with van der Waals surface area (Å²) < 4.78 is 9.84. The van der Waals surface area contributed by atoms with Gasteiger partial charge in [0.15, 0.2) is 11.0 Å². The van der Waals surface area contributed by atoms with Gasteiger partial charge in [0.25, 0.3) is 0 Å². The van der Waals surface area contributed by atoms with Crippen LogP contribution in [0, 0.1) is 0 Å². The highest BCUT2D eigenvalue weighted by Crippen LogP contribution is 2.43. The van der Waals surface area contributed by atoms with E-state index in [-0.39, 0.29) is 0 Å². The molecule has 65 heavy (non-hydrogen) atoms. The Balaban J connectivity index is 1.11. The highest BCUT2D eigenvalue weighted by molar-refractivity contribution is 7.98. The number of nitrogens with zero attached hydrogens (tertiary/aromatic N) is 7. The summed E-state index contributed by atoms with van der Waals surface area (Å²) in [6, 6.07) is 54.0. The Labute approximate surface area is 390 Å². The summed E-state index contributed by atoms with van der Waals surface area (Å²) in [7, 11) is 1.67. The van der Waals surface area contributed by atoms with Crippen LogP contribution in [0.4, 0.5) is 16.2 Å². The number of rotatable bonds is 15. The molecule has 0 fully saturated rings. The number of nitrogen functional groups attached to an aromatic ring is 1. The van der Waals surface area contributed by atoms with Gasteiger partial charge >= 0.3 is 6.09 Å². The number of unbranched alkanes of at least 4 members (excludes halogenated alkanes) is 1. The van der Waals surface area contributed by atoms with E-state index < -0.39 is 17.2 Å². The van der Waals surface area contributed by atoms with E-state index in [4.69, 9.17) is 37.4 Å². The largest absolute Gasteiger partial charge is 0.443 e. The fourth-order valence-electron chi connectivity index (χ4n) is 8.23. The summed E-state index contributed by atoms with van der Waals surface area (Å²) in [5.41, 5.74) is 14.0. The Bertz CT molecular complexity index is 2760. The van der Waals surface area contributed by atoms with E-state index in [9.17, 15) is 4.79 Å². The summed E-state index contributed by atoms with van der Waals surface area (Å²) >= 11 is 8.57. The summed E-state index contributed by atoms with van der Waals surface area (Å²) in [5, 5.41) is 14.4. The second kappa shape index (κ2) is 19.6. The average molecular weight is 902 g/mol. The van der Waals surface area contributed by atoms with Gasteiger partial charge in [-0.1, -0.05) is 164 Å². The maximum absolute atomic E-state index is 12.9. The number of halogens is 1. The van der Waals surface area contributed by atoms with Gasteiger partial charge in [0.1, 0.15) is 17.0 Å². The van der Waals surface area contributed by atoms with Crippen LogP contribution in [0.5, 0.6) is 0 Å². The zero-order valence-electron chi connectivity index (χ0n) is 37.4. The molecule has 2 heterocycles. The van der Waals surface area contributed by atoms with Crippen molar-refractivity contribution in [3.63, 3.8) is 0 Å². The molecule has 0 saturated heterocycles. The third kappa shape index (κ3) is 9.58. The number of aromatic nitrogens is 6. The molecule has 0 aliphatic heterocycles. The summed E-state index contributed by atoms with van der Waals surface area (Å²) in [5.74, 6) is 2.16. The highest BCUT2D eigenvalue weighted by Gasteiger charge is 2.42. The number of anilines is 2. The maximum Gasteiger partial charge on any atom is 0.414 e. The SMILES string of the molecule is CCCCc1nc(Cl)c(CSc2ccc(N)c(N(C)C(=O)OC(C)(C)C)c2)n1Cc1ccc(-c2ccccc2-c2nnnn2C(c2ccccc2)(c2ccccc2)c2ccccc2)cc1. The zero-order chi connectivity index (χ0) is 45.6. The Morgan fingerprint density at radius 1 is 0.785 bits per heavy atom. The molecule has 0 aliphatic carbocycles. The van der Waals surface area contributed by atoms with Gasteiger partial charge in [-0.3, -0.25) is 4.90 Å². The minimum absolute atomic E-state index is 0.473. The Hall–Kier alpha value is -6.69. The van der Waals surface area contributed by atoms with E-state index >= 15 is 0 Å². The molecule has 8 rings (SSSR count). The quantitative estimate of drug-likeness (QED) is 0.0614. The molecule has 10 nitrogen and oxygen atoms in total. The third-order valence-electron chi connectivity index (χ3n) is 11.4. The van der Waals surface area contributed by atoms with Crippen LogP contribution < -0.4 is 10.6 Å². The van der Waals surface area contributed by atoms with E-state index in [2.05, 4.69) is 132 Å². The number of nitrogens with two attached hydrogens (primary N) is 1. The van der Waals surface area contributed by atoms with Gasteiger partial charge in [0.05, 0.1) is 17.1 Å². The Kier molecular flexibility index (Phi) is 13.5. The predicted molar refractivity (Wildman–Crippen MR) is 263 cm³/mol. The van der Waals surface area contributed by atoms with E-state index in [0.29, 0.717) is 34.6 Å². The van der Waals surface area contributed by atoms with Crippen molar-refractivity contribution in [3.8, 4) is 22.5 Å². The molecule has 12 heteroatoms. The van der Waals surface area contributed by atoms with Crippen molar-refractivity contribution in [1.29, 1.82) is 0 Å². The van der Waals surface area contributed by atoms with Crippen LogP contribution in [0.2, 0.25) is 5.15 Å². The van der Waals surface area contributed by atoms with Crippen LogP contribution in [-0.2, 0) is 29.0 Å². The predicted octanol–water partition coefficient (Wildman–Crippen LogP) is 12.3. The standard InChI is InChI=1S/C53H53ClN8O2S/c1-6-7-27-48-56-49(54)47(36-65-42-32-33-45(55)46(34-42)60(5)51(63)64-52(2,3)4)61(48)35-37-28-30-38(31-29-37)43-25-17-18-26-44(43)50-57-58-59-62(50)53(39-19-11-8-12-20-39,40-21-13-9-14-22-40)41-23-15-10-16-24-41/h8-26,28-34H,6-7,27,35-36,55H2,1-5H3. The molecule has 8 aromatic rings. The molecule has 1 amide bonds. The van der Waals surface area contributed by atoms with Gasteiger partial charge in [0.2, 0.25) is 0 Å². The molecule has 0 unspecified atom stereocenters. The molecule has 0 aliphatic rings. The van der Waals surface area contributed by atoms with Crippen molar-refractivity contribution in [2.75, 3.05) is 17.7 Å². The fourth-order valence-corrected chi connectivity index (χ4v) is 9.53. The third-order valence-corrected chi connectivity index (χ3v) is 12.7. The molecule has 0 radical (unpaired) electrons. The van der Waals surface area contributed by atoms with Crippen molar-refractivity contribution in [3.05, 3.63) is 197 Å². The molecule has 0 bridgehead atoms. The number of aryl methyl sites for hydroxylation is 1. The molecule has 0 saturated carbocycles. The summed E-state index contributed by atoms with van der Waals surface area (Å²) in [4.78, 5) is 20.2. The summed E-state index contributed by atoms with van der Waals surface area (Å²) in [6.45, 7) is 8.29. The lowest BCUT2D eigenvalue weighted by Gasteiger charge is -2.36. The van der Waals surface area contributed by atoms with Gasteiger partial charge in [-0.25, -0.2) is 14.5 Å². The van der Waals surface area contributed by atoms with Crippen LogP contribution in [-0.4, -0.2) is 48.5 Å². The molecular formula is C53H53ClN8O2S. The van der Waals surface area contributed by atoms with Crippen molar-refractivity contribution < 1.29 is 9.53 Å². The lowest BCUT2D eigenvalue weighted by Crippen LogP contribution is -2.39. The van der Waals surface area contributed by atoms with E-state index in [0.717, 1.165) is 74.6 Å². The zero-order valence-corrected chi connectivity index (χ0v) is 38.9. The monoisotopic (exact) mass is 900 g/mol. The molecule has 330 valence electrons. The highest BCUT2D eigenvalue weighted by atomic mass is 35.5. The van der Waals surface area contributed by atoms with Gasteiger partial charge < -0.3 is 15.0 Å². The molecule has 2 aromatic heterocycles. The summed E-state index contributed by atoms with van der Waals surface area (Å²) in [6.07, 6.45) is 2.37. The number of amides is 1. The minimum Gasteiger partial charge on any atom is -0.443 e. The Morgan fingerprint density at radius 2 is 1.37 bits per heavy atom. The van der Waals surface area contributed by atoms with E-state index in [1.165, 1.54) is 4.90 Å². The van der Waals surface area contributed by atoms with Gasteiger partial charge in [-0.2, -0.15) is 0 Å². The first-order valence-electron chi connectivity index (χ1n) is 21.8. The van der Waals surface area contributed by atoms with Gasteiger partial charge in [0, 0.05) is 36.2 Å². The van der Waals surface area contributed by atoms with Crippen LogP contribution in [0.3, 0.4) is 0 Å². The van der Waals surface area contributed by atoms with Crippen molar-refractivity contribution >= 4 is 40.8 Å². The van der Waals surface area contributed by atoms with Crippen LogP contribution in [0.1, 0.15) is 74.3 Å². The second-order valence-electron chi connectivity index (χ2n) is 17.0. The average Bonchev–Trinajstić information content (AvgIpc) is 3.92. The molecule has 2 N–H and O–H groups in total. The molecular weight excluding hydrogens is 848 g/mol. The van der Waals surface area contributed by atoms with Crippen molar-refractivity contribution in [1.82, 2.24) is 29.8 Å². The number of tetrazole rings is 1. The molecule has 0 spiro atoms. The number of hydrogen-bond donors (Lipinski definition) is 1. The van der Waals surface area contributed by atoms with Gasteiger partial charge in [-0.05, 0) is 89.2 Å². The Morgan fingerprint density at radius 3 is 1.95 bits per heavy atom. The normalized spacial score (nSPS) is 11.7. The smallest absolute Gasteiger partial charge is 0.414 e. The fraction of sp³-hybridized carbons (Fsp3) is 0.226. The van der Waals surface area contributed by atoms with Crippen molar-refractivity contribution in [2.24, 2.45) is 0 Å². The van der Waals surface area contributed by atoms with Crippen LogP contribution >= 0.6 is 23.4 Å². The lowest BCUT2D eigenvalue weighted by atomic mass is 9.77. The minimum atomic E-state index is -0.885. The van der Waals surface area contributed by atoms with Crippen LogP contribution in [0.15, 0.2) is 163 Å². The number of hydrogen-bond acceptors (Lipinski definition) is 8. The first kappa shape index (κ1) is 44.9. The first-order valence-corrected chi connectivity index (χ1v) is 23.2. The van der Waals surface area contributed by atoms with E-state index in [1.54, 1.807) is 18.8 Å². The number of ether oxygens (including phenoxy) is 1. The van der Waals surface area contributed by atoms with Gasteiger partial charge in [-0.15, -0.1) is 16.9 Å². The molecule has 6 aromatic carbocycles. The van der Waals surface area contributed by atoms with E-state index in [1.807, 2.05) is 67.9 Å². The number of carbonyl (C=O) groups is 1. The maximum atomic E-state index is 12.9.